The summed E-state index contributed by atoms with van der Waals surface area (Å²) < 4.78 is 5.27. The maximum atomic E-state index is 5.27. The Morgan fingerprint density at radius 2 is 2.06 bits per heavy atom. The Bertz CT molecular complexity index is 317. The Kier molecular flexibility index (Phi) is 5.95. The van der Waals surface area contributed by atoms with Crippen molar-refractivity contribution in [2.45, 2.75) is 39.3 Å². The topological polar surface area (TPSA) is 33.3 Å². The molecule has 0 aliphatic heterocycles. The molecule has 1 rings (SSSR count). The summed E-state index contributed by atoms with van der Waals surface area (Å²) in [6.45, 7) is 9.56. The second kappa shape index (κ2) is 6.99. The molecular weight excluding hydrogens is 232 g/mol. The molecule has 0 bridgehead atoms. The smallest absolute Gasteiger partial charge is 0.134 e. The van der Waals surface area contributed by atoms with E-state index in [1.54, 1.807) is 18.4 Å². The largest absolute Gasteiger partial charge is 0.496 e. The van der Waals surface area contributed by atoms with Gasteiger partial charge in [0.15, 0.2) is 0 Å². The molecule has 0 radical (unpaired) electrons. The highest BCUT2D eigenvalue weighted by molar-refractivity contribution is 7.10. The van der Waals surface area contributed by atoms with Crippen LogP contribution in [0.2, 0.25) is 0 Å². The SMILES string of the molecule is COc1ccsc1CNCCCNC(C)(C)C. The van der Waals surface area contributed by atoms with Crippen molar-refractivity contribution in [3.05, 3.63) is 16.3 Å². The van der Waals surface area contributed by atoms with Crippen LogP contribution in [0.15, 0.2) is 11.4 Å². The van der Waals surface area contributed by atoms with Gasteiger partial charge in [-0.3, -0.25) is 0 Å². The lowest BCUT2D eigenvalue weighted by Gasteiger charge is -2.20. The standard InChI is InChI=1S/C13H24N2OS/c1-13(2,3)15-8-5-7-14-10-12-11(16-4)6-9-17-12/h6,9,14-15H,5,7-8,10H2,1-4H3. The molecule has 0 aliphatic carbocycles. The molecule has 1 aromatic heterocycles. The van der Waals surface area contributed by atoms with Crippen LogP contribution in [0, 0.1) is 0 Å². The van der Waals surface area contributed by atoms with Gasteiger partial charge in [0, 0.05) is 12.1 Å². The van der Waals surface area contributed by atoms with Crippen LogP contribution < -0.4 is 15.4 Å². The van der Waals surface area contributed by atoms with Gasteiger partial charge in [0.25, 0.3) is 0 Å². The predicted octanol–water partition coefficient (Wildman–Crippen LogP) is 2.62. The highest BCUT2D eigenvalue weighted by Gasteiger charge is 2.07. The molecule has 3 nitrogen and oxygen atoms in total. The molecule has 4 heteroatoms. The van der Waals surface area contributed by atoms with Crippen molar-refractivity contribution in [1.29, 1.82) is 0 Å². The third-order valence-corrected chi connectivity index (χ3v) is 3.30. The zero-order valence-electron chi connectivity index (χ0n) is 11.3. The zero-order valence-corrected chi connectivity index (χ0v) is 12.1. The van der Waals surface area contributed by atoms with Gasteiger partial charge >= 0.3 is 0 Å². The van der Waals surface area contributed by atoms with Gasteiger partial charge in [-0.15, -0.1) is 11.3 Å². The van der Waals surface area contributed by atoms with Gasteiger partial charge in [-0.25, -0.2) is 0 Å². The molecule has 2 N–H and O–H groups in total. The van der Waals surface area contributed by atoms with Gasteiger partial charge in [0.05, 0.1) is 12.0 Å². The number of hydrogen-bond acceptors (Lipinski definition) is 4. The van der Waals surface area contributed by atoms with Gasteiger partial charge in [-0.2, -0.15) is 0 Å². The van der Waals surface area contributed by atoms with Crippen molar-refractivity contribution in [3.8, 4) is 5.75 Å². The fraction of sp³-hybridized carbons (Fsp3) is 0.692. The summed E-state index contributed by atoms with van der Waals surface area (Å²) in [4.78, 5) is 1.27. The minimum absolute atomic E-state index is 0.219. The Labute approximate surface area is 109 Å². The summed E-state index contributed by atoms with van der Waals surface area (Å²) in [6, 6.07) is 2.02. The van der Waals surface area contributed by atoms with Crippen LogP contribution in [-0.4, -0.2) is 25.7 Å². The first kappa shape index (κ1) is 14.5. The molecule has 1 heterocycles. The van der Waals surface area contributed by atoms with Crippen molar-refractivity contribution in [1.82, 2.24) is 10.6 Å². The molecule has 0 saturated carbocycles. The molecule has 0 amide bonds. The van der Waals surface area contributed by atoms with Gasteiger partial charge in [0.2, 0.25) is 0 Å². The molecule has 0 fully saturated rings. The molecular formula is C13H24N2OS. The quantitative estimate of drug-likeness (QED) is 0.736. The van der Waals surface area contributed by atoms with Crippen LogP contribution in [0.5, 0.6) is 5.75 Å². The highest BCUT2D eigenvalue weighted by Crippen LogP contribution is 2.23. The van der Waals surface area contributed by atoms with Crippen molar-refractivity contribution in [3.63, 3.8) is 0 Å². The molecule has 0 spiro atoms. The number of thiophene rings is 1. The van der Waals surface area contributed by atoms with Crippen molar-refractivity contribution in [2.24, 2.45) is 0 Å². The molecule has 0 saturated heterocycles. The summed E-state index contributed by atoms with van der Waals surface area (Å²) in [5.41, 5.74) is 0.219. The summed E-state index contributed by atoms with van der Waals surface area (Å²) in [5, 5.41) is 8.98. The first-order valence-electron chi connectivity index (χ1n) is 6.09. The van der Waals surface area contributed by atoms with E-state index in [2.05, 4.69) is 36.8 Å². The summed E-state index contributed by atoms with van der Waals surface area (Å²) >= 11 is 1.74. The third-order valence-electron chi connectivity index (χ3n) is 2.40. The van der Waals surface area contributed by atoms with Crippen molar-refractivity contribution >= 4 is 11.3 Å². The lowest BCUT2D eigenvalue weighted by molar-refractivity contribution is 0.408. The van der Waals surface area contributed by atoms with E-state index in [9.17, 15) is 0 Å². The number of hydrogen-bond donors (Lipinski definition) is 2. The first-order chi connectivity index (χ1) is 8.03. The van der Waals surface area contributed by atoms with Crippen LogP contribution in [0.1, 0.15) is 32.1 Å². The normalized spacial score (nSPS) is 11.8. The van der Waals surface area contributed by atoms with E-state index < -0.39 is 0 Å². The summed E-state index contributed by atoms with van der Waals surface area (Å²) in [7, 11) is 1.72. The molecule has 1 aromatic rings. The lowest BCUT2D eigenvalue weighted by atomic mass is 10.1. The maximum absolute atomic E-state index is 5.27. The monoisotopic (exact) mass is 256 g/mol. The number of nitrogens with one attached hydrogen (secondary N) is 2. The second-order valence-corrected chi connectivity index (χ2v) is 6.12. The van der Waals surface area contributed by atoms with Crippen LogP contribution >= 0.6 is 11.3 Å². The van der Waals surface area contributed by atoms with Gasteiger partial charge in [0.1, 0.15) is 5.75 Å². The molecule has 17 heavy (non-hydrogen) atoms. The van der Waals surface area contributed by atoms with Gasteiger partial charge in [-0.1, -0.05) is 0 Å². The molecule has 0 aromatic carbocycles. The molecule has 0 atom stereocenters. The lowest BCUT2D eigenvalue weighted by Crippen LogP contribution is -2.37. The molecule has 0 aliphatic rings. The fourth-order valence-corrected chi connectivity index (χ4v) is 2.33. The van der Waals surface area contributed by atoms with Crippen molar-refractivity contribution < 1.29 is 4.74 Å². The van der Waals surface area contributed by atoms with E-state index >= 15 is 0 Å². The fourth-order valence-electron chi connectivity index (χ4n) is 1.52. The molecule has 98 valence electrons. The first-order valence-corrected chi connectivity index (χ1v) is 6.97. The van der Waals surface area contributed by atoms with Gasteiger partial charge < -0.3 is 15.4 Å². The van der Waals surface area contributed by atoms with Crippen LogP contribution in [-0.2, 0) is 6.54 Å². The van der Waals surface area contributed by atoms with Crippen LogP contribution in [0.3, 0.4) is 0 Å². The van der Waals surface area contributed by atoms with Gasteiger partial charge in [-0.05, 0) is 51.7 Å². The minimum Gasteiger partial charge on any atom is -0.496 e. The average molecular weight is 256 g/mol. The Balaban J connectivity index is 2.09. The maximum Gasteiger partial charge on any atom is 0.134 e. The number of ether oxygens (including phenoxy) is 1. The Hall–Kier alpha value is -0.580. The van der Waals surface area contributed by atoms with E-state index in [1.165, 1.54) is 4.88 Å². The predicted molar refractivity (Wildman–Crippen MR) is 75.0 cm³/mol. The minimum atomic E-state index is 0.219. The highest BCUT2D eigenvalue weighted by atomic mass is 32.1. The Morgan fingerprint density at radius 3 is 2.71 bits per heavy atom. The van der Waals surface area contributed by atoms with E-state index in [1.807, 2.05) is 6.07 Å². The van der Waals surface area contributed by atoms with E-state index in [0.29, 0.717) is 0 Å². The zero-order chi connectivity index (χ0) is 12.7. The number of methoxy groups -OCH3 is 1. The number of rotatable bonds is 7. The van der Waals surface area contributed by atoms with E-state index in [4.69, 9.17) is 4.74 Å². The summed E-state index contributed by atoms with van der Waals surface area (Å²) in [5.74, 6) is 0.996. The second-order valence-electron chi connectivity index (χ2n) is 5.12. The van der Waals surface area contributed by atoms with Crippen molar-refractivity contribution in [2.75, 3.05) is 20.2 Å². The summed E-state index contributed by atoms with van der Waals surface area (Å²) in [6.07, 6.45) is 1.14. The van der Waals surface area contributed by atoms with Crippen LogP contribution in [0.25, 0.3) is 0 Å². The average Bonchev–Trinajstić information content (AvgIpc) is 2.69. The molecule has 0 unspecified atom stereocenters. The van der Waals surface area contributed by atoms with E-state index in [0.717, 1.165) is 31.8 Å². The van der Waals surface area contributed by atoms with E-state index in [-0.39, 0.29) is 5.54 Å². The Morgan fingerprint density at radius 1 is 1.29 bits per heavy atom. The van der Waals surface area contributed by atoms with Crippen LogP contribution in [0.4, 0.5) is 0 Å². The third kappa shape index (κ3) is 6.05.